The number of nitrogens with one attached hydrogen (secondary N) is 1. The minimum Gasteiger partial charge on any atom is -0.323 e. The van der Waals surface area contributed by atoms with Gasteiger partial charge in [-0.15, -0.1) is 0 Å². The molecule has 1 rings (SSSR count). The summed E-state index contributed by atoms with van der Waals surface area (Å²) in [5.74, 6) is 0.309. The highest BCUT2D eigenvalue weighted by Gasteiger charge is 2.38. The van der Waals surface area contributed by atoms with Crippen LogP contribution in [0.15, 0.2) is 0 Å². The van der Waals surface area contributed by atoms with Gasteiger partial charge in [-0.1, -0.05) is 40.0 Å². The van der Waals surface area contributed by atoms with Crippen LogP contribution in [-0.2, 0) is 4.79 Å². The summed E-state index contributed by atoms with van der Waals surface area (Å²) in [7, 11) is 0. The molecule has 0 aliphatic carbocycles. The molecule has 0 aromatic carbocycles. The lowest BCUT2D eigenvalue weighted by Gasteiger charge is -2.30. The number of nitrogens with zero attached hydrogens (tertiary/aromatic N) is 1. The third kappa shape index (κ3) is 3.44. The summed E-state index contributed by atoms with van der Waals surface area (Å²) in [4.78, 5) is 14.3. The standard InChI is InChI=1S/C14H28N2O/c1-5-8-9-10-11(4)16-13(7-3)15-12(6-2)14(16)17/h11-13,15H,5-10H2,1-4H3. The van der Waals surface area contributed by atoms with Gasteiger partial charge in [0.05, 0.1) is 12.2 Å². The highest BCUT2D eigenvalue weighted by molar-refractivity contribution is 5.84. The molecule has 1 fully saturated rings. The van der Waals surface area contributed by atoms with Gasteiger partial charge in [-0.25, -0.2) is 0 Å². The molecular formula is C14H28N2O. The number of carbonyl (C=O) groups excluding carboxylic acids is 1. The summed E-state index contributed by atoms with van der Waals surface area (Å²) >= 11 is 0. The first-order valence-corrected chi connectivity index (χ1v) is 7.23. The van der Waals surface area contributed by atoms with Crippen LogP contribution in [0, 0.1) is 0 Å². The molecule has 17 heavy (non-hydrogen) atoms. The largest absolute Gasteiger partial charge is 0.323 e. The Bertz CT molecular complexity index is 242. The van der Waals surface area contributed by atoms with Gasteiger partial charge in [-0.3, -0.25) is 10.1 Å². The number of hydrogen-bond acceptors (Lipinski definition) is 2. The number of carbonyl (C=O) groups is 1. The van der Waals surface area contributed by atoms with Crippen molar-refractivity contribution in [3.63, 3.8) is 0 Å². The lowest BCUT2D eigenvalue weighted by molar-refractivity contribution is -0.132. The molecule has 3 heteroatoms. The van der Waals surface area contributed by atoms with E-state index in [9.17, 15) is 4.79 Å². The molecule has 1 N–H and O–H groups in total. The number of rotatable bonds is 7. The van der Waals surface area contributed by atoms with Gasteiger partial charge >= 0.3 is 0 Å². The summed E-state index contributed by atoms with van der Waals surface area (Å²) in [6.07, 6.45) is 7.03. The van der Waals surface area contributed by atoms with Gasteiger partial charge in [0.25, 0.3) is 0 Å². The monoisotopic (exact) mass is 240 g/mol. The molecule has 1 aliphatic heterocycles. The molecule has 0 saturated carbocycles. The minimum absolute atomic E-state index is 0.0496. The first kappa shape index (κ1) is 14.5. The fraction of sp³-hybridized carbons (Fsp3) is 0.929. The Labute approximate surface area is 106 Å². The van der Waals surface area contributed by atoms with Crippen LogP contribution in [0.25, 0.3) is 0 Å². The minimum atomic E-state index is 0.0496. The van der Waals surface area contributed by atoms with Gasteiger partial charge in [0.1, 0.15) is 0 Å². The van der Waals surface area contributed by atoms with Gasteiger partial charge in [0.2, 0.25) is 5.91 Å². The zero-order valence-electron chi connectivity index (χ0n) is 11.8. The normalized spacial score (nSPS) is 26.6. The summed E-state index contributed by atoms with van der Waals surface area (Å²) in [6.45, 7) is 8.63. The van der Waals surface area contributed by atoms with Crippen molar-refractivity contribution in [3.8, 4) is 0 Å². The van der Waals surface area contributed by atoms with Gasteiger partial charge in [0, 0.05) is 6.04 Å². The van der Waals surface area contributed by atoms with Gasteiger partial charge in [0.15, 0.2) is 0 Å². The van der Waals surface area contributed by atoms with E-state index in [4.69, 9.17) is 0 Å². The molecule has 0 bridgehead atoms. The van der Waals surface area contributed by atoms with E-state index >= 15 is 0 Å². The number of unbranched alkanes of at least 4 members (excludes halogenated alkanes) is 2. The highest BCUT2D eigenvalue weighted by Crippen LogP contribution is 2.21. The van der Waals surface area contributed by atoms with Crippen molar-refractivity contribution >= 4 is 5.91 Å². The Balaban J connectivity index is 2.56. The third-order valence-electron chi connectivity index (χ3n) is 3.78. The zero-order valence-corrected chi connectivity index (χ0v) is 11.8. The van der Waals surface area contributed by atoms with E-state index in [0.717, 1.165) is 19.3 Å². The second-order valence-corrected chi connectivity index (χ2v) is 5.14. The smallest absolute Gasteiger partial charge is 0.241 e. The average molecular weight is 240 g/mol. The maximum Gasteiger partial charge on any atom is 0.241 e. The van der Waals surface area contributed by atoms with Crippen LogP contribution in [-0.4, -0.2) is 29.1 Å². The quantitative estimate of drug-likeness (QED) is 0.694. The fourth-order valence-electron chi connectivity index (χ4n) is 2.68. The number of amides is 1. The zero-order chi connectivity index (χ0) is 12.8. The van der Waals surface area contributed by atoms with E-state index < -0.39 is 0 Å². The molecule has 3 atom stereocenters. The van der Waals surface area contributed by atoms with E-state index in [0.29, 0.717) is 11.9 Å². The van der Waals surface area contributed by atoms with Crippen molar-refractivity contribution < 1.29 is 4.79 Å². The van der Waals surface area contributed by atoms with Crippen LogP contribution in [0.1, 0.15) is 66.2 Å². The molecule has 1 aliphatic rings. The molecule has 1 saturated heterocycles. The van der Waals surface area contributed by atoms with Gasteiger partial charge in [-0.2, -0.15) is 0 Å². The molecule has 0 aromatic rings. The third-order valence-corrected chi connectivity index (χ3v) is 3.78. The average Bonchev–Trinajstić information content (AvgIpc) is 2.65. The second-order valence-electron chi connectivity index (χ2n) is 5.14. The van der Waals surface area contributed by atoms with Crippen LogP contribution in [0.5, 0.6) is 0 Å². The molecule has 3 unspecified atom stereocenters. The van der Waals surface area contributed by atoms with Crippen molar-refractivity contribution in [2.24, 2.45) is 0 Å². The van der Waals surface area contributed by atoms with Crippen molar-refractivity contribution in [2.45, 2.75) is 84.5 Å². The predicted molar refractivity (Wildman–Crippen MR) is 71.7 cm³/mol. The van der Waals surface area contributed by atoms with Crippen LogP contribution < -0.4 is 5.32 Å². The predicted octanol–water partition coefficient (Wildman–Crippen LogP) is 2.90. The van der Waals surface area contributed by atoms with Crippen LogP contribution in [0.2, 0.25) is 0 Å². The maximum absolute atomic E-state index is 12.2. The fourth-order valence-corrected chi connectivity index (χ4v) is 2.68. The Hall–Kier alpha value is -0.570. The molecule has 0 spiro atoms. The maximum atomic E-state index is 12.2. The van der Waals surface area contributed by atoms with Gasteiger partial charge < -0.3 is 4.90 Å². The van der Waals surface area contributed by atoms with Crippen molar-refractivity contribution in [1.82, 2.24) is 10.2 Å². The summed E-state index contributed by atoms with van der Waals surface area (Å²) in [5, 5.41) is 3.44. The molecular weight excluding hydrogens is 212 g/mol. The SMILES string of the molecule is CCCCCC(C)N1C(=O)C(CC)NC1CC. The summed E-state index contributed by atoms with van der Waals surface area (Å²) in [6, 6.07) is 0.427. The Kier molecular flexibility index (Phi) is 5.96. The number of hydrogen-bond donors (Lipinski definition) is 1. The first-order valence-electron chi connectivity index (χ1n) is 7.23. The molecule has 3 nitrogen and oxygen atoms in total. The highest BCUT2D eigenvalue weighted by atomic mass is 16.2. The van der Waals surface area contributed by atoms with Crippen molar-refractivity contribution in [1.29, 1.82) is 0 Å². The van der Waals surface area contributed by atoms with Crippen molar-refractivity contribution in [2.75, 3.05) is 0 Å². The first-order chi connectivity index (χ1) is 8.15. The summed E-state index contributed by atoms with van der Waals surface area (Å²) < 4.78 is 0. The lowest BCUT2D eigenvalue weighted by atomic mass is 10.1. The van der Waals surface area contributed by atoms with Crippen molar-refractivity contribution in [3.05, 3.63) is 0 Å². The van der Waals surface area contributed by atoms with E-state index in [2.05, 4.69) is 37.9 Å². The lowest BCUT2D eigenvalue weighted by Crippen LogP contribution is -2.42. The van der Waals surface area contributed by atoms with E-state index in [1.165, 1.54) is 19.3 Å². The van der Waals surface area contributed by atoms with Gasteiger partial charge in [-0.05, 0) is 26.2 Å². The second kappa shape index (κ2) is 7.00. The Morgan fingerprint density at radius 1 is 1.24 bits per heavy atom. The topological polar surface area (TPSA) is 32.3 Å². The molecule has 0 aromatic heterocycles. The van der Waals surface area contributed by atoms with Crippen LogP contribution in [0.3, 0.4) is 0 Å². The molecule has 100 valence electrons. The van der Waals surface area contributed by atoms with E-state index in [1.807, 2.05) is 0 Å². The Morgan fingerprint density at radius 2 is 1.94 bits per heavy atom. The van der Waals surface area contributed by atoms with E-state index in [-0.39, 0.29) is 12.2 Å². The van der Waals surface area contributed by atoms with E-state index in [1.54, 1.807) is 0 Å². The Morgan fingerprint density at radius 3 is 2.47 bits per heavy atom. The molecule has 1 amide bonds. The molecule has 0 radical (unpaired) electrons. The van der Waals surface area contributed by atoms with Crippen LogP contribution in [0.4, 0.5) is 0 Å². The summed E-state index contributed by atoms with van der Waals surface area (Å²) in [5.41, 5.74) is 0. The van der Waals surface area contributed by atoms with Crippen LogP contribution >= 0.6 is 0 Å². The molecule has 1 heterocycles.